The van der Waals surface area contributed by atoms with Crippen LogP contribution in [0.2, 0.25) is 0 Å². The minimum atomic E-state index is -0.656. The Bertz CT molecular complexity index is 753. The summed E-state index contributed by atoms with van der Waals surface area (Å²) in [4.78, 5) is 12.2. The van der Waals surface area contributed by atoms with Gasteiger partial charge in [-0.25, -0.2) is 0 Å². The van der Waals surface area contributed by atoms with E-state index < -0.39 is 6.10 Å². The first-order valence-electron chi connectivity index (χ1n) is 7.15. The molecule has 126 valence electrons. The number of ether oxygens (including phenoxy) is 1. The molecule has 0 fully saturated rings. The van der Waals surface area contributed by atoms with Crippen LogP contribution in [0.25, 0.3) is 0 Å². The summed E-state index contributed by atoms with van der Waals surface area (Å²) in [5, 5.41) is 5.86. The minimum absolute atomic E-state index is 0.236. The smallest absolute Gasteiger partial charge is 0.266 e. The number of rotatable bonds is 4. The van der Waals surface area contributed by atoms with E-state index >= 15 is 0 Å². The summed E-state index contributed by atoms with van der Waals surface area (Å²) in [7, 11) is 0. The van der Waals surface area contributed by atoms with Crippen LogP contribution in [0.1, 0.15) is 12.5 Å². The molecule has 0 aliphatic rings. The standard InChI is InChI=1S/C17H16BrIN2O2S/c1-10-9-13(5-8-15(10)18)20-17(24)21-16(22)11(2)23-14-6-3-12(19)4-7-14/h3-9,11H,1-2H3,(H2,20,21,22,24). The minimum Gasteiger partial charge on any atom is -0.481 e. The monoisotopic (exact) mass is 518 g/mol. The first-order chi connectivity index (χ1) is 11.3. The van der Waals surface area contributed by atoms with Gasteiger partial charge in [0.05, 0.1) is 0 Å². The van der Waals surface area contributed by atoms with Gasteiger partial charge in [0.1, 0.15) is 5.75 Å². The van der Waals surface area contributed by atoms with Crippen LogP contribution in [-0.4, -0.2) is 17.1 Å². The molecule has 1 amide bonds. The van der Waals surface area contributed by atoms with Crippen molar-refractivity contribution < 1.29 is 9.53 Å². The number of carbonyl (C=O) groups is 1. The van der Waals surface area contributed by atoms with E-state index in [0.29, 0.717) is 5.75 Å². The van der Waals surface area contributed by atoms with Gasteiger partial charge in [-0.3, -0.25) is 10.1 Å². The van der Waals surface area contributed by atoms with Crippen LogP contribution in [-0.2, 0) is 4.79 Å². The predicted octanol–water partition coefficient (Wildman–Crippen LogP) is 4.64. The fourth-order valence-electron chi connectivity index (χ4n) is 1.87. The SMILES string of the molecule is Cc1cc(NC(=S)NC(=O)C(C)Oc2ccc(I)cc2)ccc1Br. The molecule has 2 aromatic carbocycles. The Morgan fingerprint density at radius 1 is 1.25 bits per heavy atom. The van der Waals surface area contributed by atoms with E-state index in [-0.39, 0.29) is 11.0 Å². The van der Waals surface area contributed by atoms with Gasteiger partial charge in [0, 0.05) is 13.7 Å². The van der Waals surface area contributed by atoms with Crippen molar-refractivity contribution in [2.45, 2.75) is 20.0 Å². The predicted molar refractivity (Wildman–Crippen MR) is 112 cm³/mol. The van der Waals surface area contributed by atoms with Gasteiger partial charge in [-0.15, -0.1) is 0 Å². The normalized spacial score (nSPS) is 11.5. The van der Waals surface area contributed by atoms with Crippen molar-refractivity contribution >= 4 is 67.4 Å². The van der Waals surface area contributed by atoms with E-state index in [9.17, 15) is 4.79 Å². The molecule has 0 heterocycles. The van der Waals surface area contributed by atoms with Crippen molar-refractivity contribution in [1.82, 2.24) is 5.32 Å². The lowest BCUT2D eigenvalue weighted by Crippen LogP contribution is -2.42. The van der Waals surface area contributed by atoms with E-state index in [1.807, 2.05) is 49.4 Å². The Labute approximate surface area is 168 Å². The van der Waals surface area contributed by atoms with Crippen molar-refractivity contribution in [3.05, 3.63) is 56.1 Å². The number of thiocarbonyl (C=S) groups is 1. The summed E-state index contributed by atoms with van der Waals surface area (Å²) in [6.07, 6.45) is -0.656. The molecule has 24 heavy (non-hydrogen) atoms. The summed E-state index contributed by atoms with van der Waals surface area (Å²) in [6.45, 7) is 3.66. The van der Waals surface area contributed by atoms with E-state index in [2.05, 4.69) is 49.2 Å². The Kier molecular flexibility index (Phi) is 7.00. The molecule has 0 aliphatic carbocycles. The van der Waals surface area contributed by atoms with Gasteiger partial charge < -0.3 is 10.1 Å². The van der Waals surface area contributed by atoms with E-state index in [1.165, 1.54) is 0 Å². The number of nitrogens with one attached hydrogen (secondary N) is 2. The van der Waals surface area contributed by atoms with Crippen molar-refractivity contribution in [3.63, 3.8) is 0 Å². The maximum Gasteiger partial charge on any atom is 0.266 e. The average molecular weight is 519 g/mol. The van der Waals surface area contributed by atoms with Crippen molar-refractivity contribution in [2.75, 3.05) is 5.32 Å². The summed E-state index contributed by atoms with van der Waals surface area (Å²) in [5.74, 6) is 0.334. The zero-order valence-corrected chi connectivity index (χ0v) is 17.7. The van der Waals surface area contributed by atoms with Crippen LogP contribution in [0.15, 0.2) is 46.9 Å². The quantitative estimate of drug-likeness (QED) is 0.457. The number of aryl methyl sites for hydroxylation is 1. The third kappa shape index (κ3) is 5.71. The second kappa shape index (κ2) is 8.77. The fraction of sp³-hybridized carbons (Fsp3) is 0.176. The number of amides is 1. The van der Waals surface area contributed by atoms with Gasteiger partial charge >= 0.3 is 0 Å². The first-order valence-corrected chi connectivity index (χ1v) is 9.43. The topological polar surface area (TPSA) is 50.4 Å². The first kappa shape index (κ1) is 19.1. The molecule has 0 bridgehead atoms. The molecule has 0 radical (unpaired) electrons. The molecule has 0 aromatic heterocycles. The second-order valence-electron chi connectivity index (χ2n) is 5.12. The molecule has 1 atom stereocenters. The maximum atomic E-state index is 12.2. The van der Waals surface area contributed by atoms with Crippen LogP contribution in [0.5, 0.6) is 5.75 Å². The summed E-state index contributed by atoms with van der Waals surface area (Å²) in [6, 6.07) is 13.2. The molecule has 2 rings (SSSR count). The molecular weight excluding hydrogens is 503 g/mol. The molecule has 0 saturated heterocycles. The third-order valence-electron chi connectivity index (χ3n) is 3.15. The zero-order chi connectivity index (χ0) is 17.7. The Balaban J connectivity index is 1.89. The zero-order valence-electron chi connectivity index (χ0n) is 13.1. The molecule has 4 nitrogen and oxygen atoms in total. The highest BCUT2D eigenvalue weighted by molar-refractivity contribution is 14.1. The molecule has 2 aromatic rings. The highest BCUT2D eigenvalue weighted by atomic mass is 127. The number of anilines is 1. The highest BCUT2D eigenvalue weighted by Crippen LogP contribution is 2.20. The summed E-state index contributed by atoms with van der Waals surface area (Å²) < 4.78 is 7.73. The third-order valence-corrected chi connectivity index (χ3v) is 4.96. The lowest BCUT2D eigenvalue weighted by atomic mass is 10.2. The summed E-state index contributed by atoms with van der Waals surface area (Å²) in [5.41, 5.74) is 1.89. The van der Waals surface area contributed by atoms with Gasteiger partial charge in [-0.05, 0) is 96.7 Å². The molecule has 0 aliphatic heterocycles. The number of hydrogen-bond donors (Lipinski definition) is 2. The van der Waals surface area contributed by atoms with Crippen LogP contribution in [0, 0.1) is 10.5 Å². The van der Waals surface area contributed by atoms with Crippen molar-refractivity contribution in [1.29, 1.82) is 0 Å². The van der Waals surface area contributed by atoms with E-state index in [4.69, 9.17) is 17.0 Å². The molecule has 1 unspecified atom stereocenters. The van der Waals surface area contributed by atoms with E-state index in [1.54, 1.807) is 6.92 Å². The molecule has 7 heteroatoms. The fourth-order valence-corrected chi connectivity index (χ4v) is 2.69. The highest BCUT2D eigenvalue weighted by Gasteiger charge is 2.16. The largest absolute Gasteiger partial charge is 0.481 e. The molecule has 0 saturated carbocycles. The van der Waals surface area contributed by atoms with Gasteiger partial charge in [0.15, 0.2) is 11.2 Å². The average Bonchev–Trinajstić information content (AvgIpc) is 2.53. The van der Waals surface area contributed by atoms with Gasteiger partial charge in [0.25, 0.3) is 5.91 Å². The lowest BCUT2D eigenvalue weighted by molar-refractivity contribution is -0.125. The Morgan fingerprint density at radius 2 is 1.92 bits per heavy atom. The van der Waals surface area contributed by atoms with Crippen LogP contribution in [0.4, 0.5) is 5.69 Å². The number of hydrogen-bond acceptors (Lipinski definition) is 3. The van der Waals surface area contributed by atoms with Crippen LogP contribution >= 0.6 is 50.7 Å². The molecular formula is C17H16BrIN2O2S. The maximum absolute atomic E-state index is 12.2. The molecule has 0 spiro atoms. The van der Waals surface area contributed by atoms with Crippen LogP contribution < -0.4 is 15.4 Å². The Morgan fingerprint density at radius 3 is 2.54 bits per heavy atom. The van der Waals surface area contributed by atoms with Gasteiger partial charge in [-0.1, -0.05) is 15.9 Å². The Hall–Kier alpha value is -1.19. The van der Waals surface area contributed by atoms with E-state index in [0.717, 1.165) is 19.3 Å². The van der Waals surface area contributed by atoms with Crippen LogP contribution in [0.3, 0.4) is 0 Å². The van der Waals surface area contributed by atoms with Gasteiger partial charge in [-0.2, -0.15) is 0 Å². The lowest BCUT2D eigenvalue weighted by Gasteiger charge is -2.16. The number of carbonyl (C=O) groups excluding carboxylic acids is 1. The number of halogens is 2. The van der Waals surface area contributed by atoms with Crippen molar-refractivity contribution in [2.24, 2.45) is 0 Å². The number of benzene rings is 2. The van der Waals surface area contributed by atoms with Gasteiger partial charge in [0.2, 0.25) is 0 Å². The summed E-state index contributed by atoms with van der Waals surface area (Å²) >= 11 is 10.8. The second-order valence-corrected chi connectivity index (χ2v) is 7.63. The molecule has 2 N–H and O–H groups in total. The van der Waals surface area contributed by atoms with Crippen molar-refractivity contribution in [3.8, 4) is 5.75 Å².